The van der Waals surface area contributed by atoms with Crippen molar-refractivity contribution >= 4 is 7.92 Å². The van der Waals surface area contributed by atoms with Gasteiger partial charge in [0.2, 0.25) is 0 Å². The van der Waals surface area contributed by atoms with Crippen LogP contribution >= 0.6 is 7.92 Å². The molecule has 1 rings (SSSR count). The number of aryl methyl sites for hydroxylation is 1. The molecule has 0 bridgehead atoms. The van der Waals surface area contributed by atoms with E-state index < -0.39 is 0 Å². The third-order valence-corrected chi connectivity index (χ3v) is 5.41. The lowest BCUT2D eigenvalue weighted by Crippen LogP contribution is -1.93. The molecule has 0 saturated heterocycles. The lowest BCUT2D eigenvalue weighted by molar-refractivity contribution is 0.925. The van der Waals surface area contributed by atoms with Crippen molar-refractivity contribution in [3.05, 3.63) is 35.9 Å². The Hall–Kier alpha value is -0.350. The first-order chi connectivity index (χ1) is 6.86. The highest BCUT2D eigenvalue weighted by Gasteiger charge is 2.01. The zero-order valence-corrected chi connectivity index (χ0v) is 10.3. The maximum Gasteiger partial charge on any atom is -0.0276 e. The molecule has 0 saturated carbocycles. The van der Waals surface area contributed by atoms with Gasteiger partial charge in [-0.2, -0.15) is 0 Å². The SMILES string of the molecule is CCP(CC)CCCc1ccccc1. The predicted octanol–water partition coefficient (Wildman–Crippen LogP) is 4.14. The number of hydrogen-bond acceptors (Lipinski definition) is 0. The third-order valence-electron chi connectivity index (χ3n) is 2.68. The maximum atomic E-state index is 2.33. The van der Waals surface area contributed by atoms with Gasteiger partial charge in [0.1, 0.15) is 0 Å². The Labute approximate surface area is 89.5 Å². The first kappa shape index (κ1) is 11.7. The Balaban J connectivity index is 2.21. The first-order valence-corrected chi connectivity index (χ1v) is 7.52. The summed E-state index contributed by atoms with van der Waals surface area (Å²) >= 11 is 0. The molecule has 0 fully saturated rings. The standard InChI is InChI=1S/C13H21P/c1-3-14(4-2)12-8-11-13-9-6-5-7-10-13/h5-7,9-10H,3-4,8,11-12H2,1-2H3. The van der Waals surface area contributed by atoms with E-state index >= 15 is 0 Å². The highest BCUT2D eigenvalue weighted by molar-refractivity contribution is 7.57. The normalized spacial score (nSPS) is 10.8. The van der Waals surface area contributed by atoms with Gasteiger partial charge in [-0.05, 0) is 36.9 Å². The fourth-order valence-corrected chi connectivity index (χ4v) is 3.38. The fourth-order valence-electron chi connectivity index (χ4n) is 1.69. The largest absolute Gasteiger partial charge is 0.107 e. The van der Waals surface area contributed by atoms with Gasteiger partial charge in [-0.3, -0.25) is 0 Å². The van der Waals surface area contributed by atoms with E-state index in [1.54, 1.807) is 0 Å². The van der Waals surface area contributed by atoms with Gasteiger partial charge in [0.15, 0.2) is 0 Å². The van der Waals surface area contributed by atoms with Gasteiger partial charge in [0.25, 0.3) is 0 Å². The van der Waals surface area contributed by atoms with Crippen LogP contribution in [0.15, 0.2) is 30.3 Å². The highest BCUT2D eigenvalue weighted by Crippen LogP contribution is 2.34. The Morgan fingerprint density at radius 2 is 1.64 bits per heavy atom. The quantitative estimate of drug-likeness (QED) is 0.616. The number of hydrogen-bond donors (Lipinski definition) is 0. The maximum absolute atomic E-state index is 2.33. The summed E-state index contributed by atoms with van der Waals surface area (Å²) in [6, 6.07) is 10.8. The van der Waals surface area contributed by atoms with Crippen molar-refractivity contribution in [2.75, 3.05) is 18.5 Å². The van der Waals surface area contributed by atoms with Crippen LogP contribution in [0.2, 0.25) is 0 Å². The second-order valence-corrected chi connectivity index (χ2v) is 6.67. The Morgan fingerprint density at radius 1 is 1.00 bits per heavy atom. The Bertz CT molecular complexity index is 226. The number of rotatable bonds is 6. The van der Waals surface area contributed by atoms with Crippen molar-refractivity contribution in [1.29, 1.82) is 0 Å². The number of benzene rings is 1. The van der Waals surface area contributed by atoms with E-state index in [1.165, 1.54) is 36.9 Å². The molecule has 0 spiro atoms. The molecule has 0 heterocycles. The van der Waals surface area contributed by atoms with E-state index in [0.29, 0.717) is 7.92 Å². The average Bonchev–Trinajstić information content (AvgIpc) is 2.26. The molecule has 0 aliphatic heterocycles. The molecule has 14 heavy (non-hydrogen) atoms. The van der Waals surface area contributed by atoms with Crippen LogP contribution in [0.3, 0.4) is 0 Å². The second kappa shape index (κ2) is 7.01. The van der Waals surface area contributed by atoms with E-state index in [4.69, 9.17) is 0 Å². The molecule has 0 N–H and O–H groups in total. The molecule has 1 aromatic rings. The van der Waals surface area contributed by atoms with E-state index in [2.05, 4.69) is 44.2 Å². The molecule has 0 aliphatic rings. The minimum absolute atomic E-state index is 0.348. The van der Waals surface area contributed by atoms with Gasteiger partial charge in [-0.1, -0.05) is 44.2 Å². The lowest BCUT2D eigenvalue weighted by atomic mass is 10.1. The van der Waals surface area contributed by atoms with Crippen LogP contribution < -0.4 is 0 Å². The monoisotopic (exact) mass is 208 g/mol. The summed E-state index contributed by atoms with van der Waals surface area (Å²) in [5.74, 6) is 0. The zero-order valence-electron chi connectivity index (χ0n) is 9.37. The van der Waals surface area contributed by atoms with E-state index in [1.807, 2.05) is 0 Å². The molecular formula is C13H21P. The van der Waals surface area contributed by atoms with E-state index in [9.17, 15) is 0 Å². The summed E-state index contributed by atoms with van der Waals surface area (Å²) in [6.07, 6.45) is 6.90. The smallest absolute Gasteiger partial charge is 0.0276 e. The van der Waals surface area contributed by atoms with Gasteiger partial charge in [-0.15, -0.1) is 7.92 Å². The Morgan fingerprint density at radius 3 is 2.21 bits per heavy atom. The topological polar surface area (TPSA) is 0 Å². The van der Waals surface area contributed by atoms with Crippen LogP contribution in [0.4, 0.5) is 0 Å². The molecule has 1 aromatic carbocycles. The van der Waals surface area contributed by atoms with Crippen LogP contribution in [0.25, 0.3) is 0 Å². The van der Waals surface area contributed by atoms with Crippen LogP contribution in [-0.2, 0) is 6.42 Å². The van der Waals surface area contributed by atoms with E-state index in [-0.39, 0.29) is 0 Å². The average molecular weight is 208 g/mol. The van der Waals surface area contributed by atoms with Gasteiger partial charge >= 0.3 is 0 Å². The summed E-state index contributed by atoms with van der Waals surface area (Å²) in [5, 5.41) is 0. The Kier molecular flexibility index (Phi) is 5.87. The summed E-state index contributed by atoms with van der Waals surface area (Å²) < 4.78 is 0. The lowest BCUT2D eigenvalue weighted by Gasteiger charge is -2.12. The highest BCUT2D eigenvalue weighted by atomic mass is 31.1. The van der Waals surface area contributed by atoms with Crippen molar-refractivity contribution in [3.8, 4) is 0 Å². The minimum atomic E-state index is 0.348. The van der Waals surface area contributed by atoms with Gasteiger partial charge < -0.3 is 0 Å². The van der Waals surface area contributed by atoms with Crippen molar-refractivity contribution in [3.63, 3.8) is 0 Å². The summed E-state index contributed by atoms with van der Waals surface area (Å²) in [5.41, 5.74) is 1.50. The molecule has 0 unspecified atom stereocenters. The van der Waals surface area contributed by atoms with Crippen molar-refractivity contribution < 1.29 is 0 Å². The van der Waals surface area contributed by atoms with Crippen molar-refractivity contribution in [1.82, 2.24) is 0 Å². The van der Waals surface area contributed by atoms with Crippen LogP contribution in [0, 0.1) is 0 Å². The second-order valence-electron chi connectivity index (χ2n) is 3.62. The van der Waals surface area contributed by atoms with Gasteiger partial charge in [0, 0.05) is 0 Å². The first-order valence-electron chi connectivity index (χ1n) is 5.63. The van der Waals surface area contributed by atoms with Crippen LogP contribution in [0.1, 0.15) is 25.8 Å². The summed E-state index contributed by atoms with van der Waals surface area (Å²) in [7, 11) is 0.348. The molecule has 1 heteroatoms. The fraction of sp³-hybridized carbons (Fsp3) is 0.538. The molecule has 0 aromatic heterocycles. The molecule has 0 aliphatic carbocycles. The van der Waals surface area contributed by atoms with Gasteiger partial charge in [0.05, 0.1) is 0 Å². The van der Waals surface area contributed by atoms with Gasteiger partial charge in [-0.25, -0.2) is 0 Å². The predicted molar refractivity (Wildman–Crippen MR) is 67.6 cm³/mol. The molecular weight excluding hydrogens is 187 g/mol. The molecule has 78 valence electrons. The van der Waals surface area contributed by atoms with E-state index in [0.717, 1.165) is 0 Å². The minimum Gasteiger partial charge on any atom is -0.107 e. The molecule has 0 amide bonds. The molecule has 0 nitrogen and oxygen atoms in total. The van der Waals surface area contributed by atoms with Crippen molar-refractivity contribution in [2.24, 2.45) is 0 Å². The molecule has 0 atom stereocenters. The summed E-state index contributed by atoms with van der Waals surface area (Å²) in [4.78, 5) is 0. The zero-order chi connectivity index (χ0) is 10.2. The van der Waals surface area contributed by atoms with Crippen LogP contribution in [0.5, 0.6) is 0 Å². The third kappa shape index (κ3) is 4.24. The van der Waals surface area contributed by atoms with Crippen molar-refractivity contribution in [2.45, 2.75) is 26.7 Å². The van der Waals surface area contributed by atoms with Crippen LogP contribution in [-0.4, -0.2) is 18.5 Å². The summed E-state index contributed by atoms with van der Waals surface area (Å²) in [6.45, 7) is 4.66. The molecule has 0 radical (unpaired) electrons.